The molecule has 27 heavy (non-hydrogen) atoms. The molecule has 4 heterocycles. The number of rotatable bonds is 4. The van der Waals surface area contributed by atoms with Gasteiger partial charge in [-0.2, -0.15) is 9.78 Å². The highest BCUT2D eigenvalue weighted by Gasteiger charge is 2.31. The number of nitrogens with zero attached hydrogens (tertiary/aromatic N) is 6. The molecule has 2 aromatic heterocycles. The predicted octanol–water partition coefficient (Wildman–Crippen LogP) is 0.384. The number of fused-ring (bicyclic) bond motifs is 1. The first-order chi connectivity index (χ1) is 13.0. The normalized spacial score (nSPS) is 23.1. The zero-order valence-electron chi connectivity index (χ0n) is 15.4. The van der Waals surface area contributed by atoms with E-state index >= 15 is 0 Å². The molecule has 0 N–H and O–H groups in total. The van der Waals surface area contributed by atoms with Gasteiger partial charge in [-0.25, -0.2) is 0 Å². The molecule has 2 radical (unpaired) electrons. The Labute approximate surface area is 156 Å². The van der Waals surface area contributed by atoms with Gasteiger partial charge in [0, 0.05) is 39.9 Å². The molecule has 0 amide bonds. The van der Waals surface area contributed by atoms with Crippen LogP contribution >= 0.6 is 0 Å². The predicted molar refractivity (Wildman–Crippen MR) is 95.8 cm³/mol. The van der Waals surface area contributed by atoms with Gasteiger partial charge >= 0.3 is 5.97 Å². The molecule has 0 saturated carbocycles. The number of aryl methyl sites for hydroxylation is 1. The van der Waals surface area contributed by atoms with Crippen molar-refractivity contribution < 1.29 is 14.3 Å². The molecular weight excluding hydrogens is 352 g/mol. The average Bonchev–Trinajstić information content (AvgIpc) is 3.26. The Balaban J connectivity index is 1.60. The quantitative estimate of drug-likeness (QED) is 0.708. The minimum Gasteiger partial charge on any atom is -0.463 e. The number of aromatic nitrogens is 5. The van der Waals surface area contributed by atoms with E-state index in [2.05, 4.69) is 20.3 Å². The maximum absolute atomic E-state index is 13.0. The molecule has 2 atom stereocenters. The Bertz CT molecular complexity index is 901. The lowest BCUT2D eigenvalue weighted by atomic mass is 10.1. The first-order valence-electron chi connectivity index (χ1n) is 9.09. The highest BCUT2D eigenvalue weighted by molar-refractivity contribution is 5.85. The summed E-state index contributed by atoms with van der Waals surface area (Å²) in [6.07, 6.45) is 5.76. The lowest BCUT2D eigenvalue weighted by molar-refractivity contribution is -0.145. The molecule has 0 aromatic carbocycles. The van der Waals surface area contributed by atoms with Crippen molar-refractivity contribution in [3.8, 4) is 0 Å². The fourth-order valence-electron chi connectivity index (χ4n) is 3.48. The van der Waals surface area contributed by atoms with Crippen molar-refractivity contribution >= 4 is 22.8 Å². The van der Waals surface area contributed by atoms with Crippen molar-refractivity contribution in [3.63, 3.8) is 0 Å². The summed E-state index contributed by atoms with van der Waals surface area (Å²) in [5, 5.41) is 12.9. The van der Waals surface area contributed by atoms with E-state index in [1.807, 2.05) is 0 Å². The van der Waals surface area contributed by atoms with Gasteiger partial charge in [0.25, 0.3) is 5.56 Å². The van der Waals surface area contributed by atoms with Gasteiger partial charge in [-0.15, -0.1) is 5.10 Å². The molecule has 144 valence electrons. The van der Waals surface area contributed by atoms with Gasteiger partial charge in [0.15, 0.2) is 23.1 Å². The Kier molecular flexibility index (Phi) is 4.81. The van der Waals surface area contributed by atoms with Gasteiger partial charge in [0.2, 0.25) is 0 Å². The second-order valence-corrected chi connectivity index (χ2v) is 6.78. The molecule has 0 bridgehead atoms. The van der Waals surface area contributed by atoms with E-state index in [4.69, 9.17) is 9.47 Å². The molecule has 2 aromatic rings. The summed E-state index contributed by atoms with van der Waals surface area (Å²) in [5.41, 5.74) is 0.589. The summed E-state index contributed by atoms with van der Waals surface area (Å²) < 4.78 is 13.4. The largest absolute Gasteiger partial charge is 0.463 e. The lowest BCUT2D eigenvalue weighted by Gasteiger charge is -2.26. The molecule has 4 rings (SSSR count). The smallest absolute Gasteiger partial charge is 0.302 e. The third-order valence-electron chi connectivity index (χ3n) is 4.81. The molecule has 0 spiro atoms. The molecular formula is C17H22N6O4. The third kappa shape index (κ3) is 3.41. The number of anilines is 1. The minimum atomic E-state index is -0.691. The molecule has 10 nitrogen and oxygen atoms in total. The molecule has 2 unspecified atom stereocenters. The van der Waals surface area contributed by atoms with Crippen molar-refractivity contribution in [2.24, 2.45) is 7.05 Å². The summed E-state index contributed by atoms with van der Waals surface area (Å²) in [5.74, 6) is 0.327. The van der Waals surface area contributed by atoms with Crippen LogP contribution in [0.2, 0.25) is 0 Å². The zero-order chi connectivity index (χ0) is 19.0. The van der Waals surface area contributed by atoms with Crippen LogP contribution < -0.4 is 10.5 Å². The van der Waals surface area contributed by atoms with Crippen molar-refractivity contribution in [3.05, 3.63) is 23.2 Å². The van der Waals surface area contributed by atoms with Crippen LogP contribution in [0.5, 0.6) is 0 Å². The monoisotopic (exact) mass is 374 g/mol. The van der Waals surface area contributed by atoms with Gasteiger partial charge in [-0.1, -0.05) is 5.21 Å². The fourth-order valence-corrected chi connectivity index (χ4v) is 3.48. The number of carbonyl (C=O) groups excluding carboxylic acids is 1. The number of hydrogen-bond acceptors (Lipinski definition) is 8. The molecule has 2 aliphatic heterocycles. The van der Waals surface area contributed by atoms with Crippen LogP contribution in [0.3, 0.4) is 0 Å². The second-order valence-electron chi connectivity index (χ2n) is 6.78. The van der Waals surface area contributed by atoms with E-state index in [0.29, 0.717) is 16.9 Å². The third-order valence-corrected chi connectivity index (χ3v) is 4.81. The first-order valence-corrected chi connectivity index (χ1v) is 9.09. The Morgan fingerprint density at radius 3 is 2.81 bits per heavy atom. The van der Waals surface area contributed by atoms with Gasteiger partial charge in [0.05, 0.1) is 6.10 Å². The number of piperidine rings is 1. The van der Waals surface area contributed by atoms with Crippen LogP contribution in [0.1, 0.15) is 32.4 Å². The van der Waals surface area contributed by atoms with Gasteiger partial charge in [-0.3, -0.25) is 14.3 Å². The molecule has 2 fully saturated rings. The van der Waals surface area contributed by atoms with Crippen molar-refractivity contribution in [2.75, 3.05) is 24.6 Å². The van der Waals surface area contributed by atoms with Gasteiger partial charge < -0.3 is 14.4 Å². The van der Waals surface area contributed by atoms with Crippen LogP contribution in [0.25, 0.3) is 11.0 Å². The Morgan fingerprint density at radius 1 is 1.30 bits per heavy atom. The molecule has 0 aliphatic carbocycles. The van der Waals surface area contributed by atoms with Gasteiger partial charge in [-0.05, 0) is 19.3 Å². The highest BCUT2D eigenvalue weighted by atomic mass is 16.6. The average molecular weight is 374 g/mol. The molecule has 2 aliphatic rings. The summed E-state index contributed by atoms with van der Waals surface area (Å²) in [6.45, 7) is 3.24. The lowest BCUT2D eigenvalue weighted by Crippen LogP contribution is -2.31. The van der Waals surface area contributed by atoms with Crippen molar-refractivity contribution in [1.82, 2.24) is 24.8 Å². The standard InChI is InChI=1S/C17H22N6O4/c1-11(24)26-10-12-6-7-13(27-12)23-17(25)15-14(18-20-23)16(19-21(15)2)22-8-4-3-5-9-22/h6-7,12-13H,3-5,8-10H2,1-2H3. The van der Waals surface area contributed by atoms with Gasteiger partial charge in [0.1, 0.15) is 6.61 Å². The zero-order valence-corrected chi connectivity index (χ0v) is 15.4. The molecule has 10 heteroatoms. The van der Waals surface area contributed by atoms with Crippen LogP contribution in [-0.4, -0.2) is 56.5 Å². The highest BCUT2D eigenvalue weighted by Crippen LogP contribution is 2.27. The van der Waals surface area contributed by atoms with Crippen molar-refractivity contribution in [1.29, 1.82) is 0 Å². The van der Waals surface area contributed by atoms with Crippen LogP contribution in [0.15, 0.2) is 4.79 Å². The minimum absolute atomic E-state index is 0.0948. The van der Waals surface area contributed by atoms with Crippen LogP contribution in [0.4, 0.5) is 5.82 Å². The van der Waals surface area contributed by atoms with E-state index in [9.17, 15) is 9.59 Å². The summed E-state index contributed by atoms with van der Waals surface area (Å²) in [7, 11) is 1.73. The van der Waals surface area contributed by atoms with Crippen LogP contribution in [-0.2, 0) is 21.3 Å². The first kappa shape index (κ1) is 17.9. The summed E-state index contributed by atoms with van der Waals surface area (Å²) in [4.78, 5) is 26.1. The topological polar surface area (TPSA) is 104 Å². The number of carbonyl (C=O) groups is 1. The van der Waals surface area contributed by atoms with E-state index < -0.39 is 12.3 Å². The van der Waals surface area contributed by atoms with Crippen molar-refractivity contribution in [2.45, 2.75) is 38.5 Å². The van der Waals surface area contributed by atoms with E-state index in [1.165, 1.54) is 18.0 Å². The Hall–Kier alpha value is -2.49. The summed E-state index contributed by atoms with van der Waals surface area (Å²) in [6, 6.07) is 0. The van der Waals surface area contributed by atoms with E-state index in [-0.39, 0.29) is 18.1 Å². The van der Waals surface area contributed by atoms with E-state index in [1.54, 1.807) is 24.6 Å². The maximum atomic E-state index is 13.0. The Morgan fingerprint density at radius 2 is 2.07 bits per heavy atom. The molecule has 2 saturated heterocycles. The number of esters is 1. The SMILES string of the molecule is CC(=O)OCC1[CH][CH]C(n2nnc3c(N4CCCCC4)nn(C)c3c2=O)O1. The second kappa shape index (κ2) is 7.26. The van der Waals surface area contributed by atoms with E-state index in [0.717, 1.165) is 25.9 Å². The summed E-state index contributed by atoms with van der Waals surface area (Å²) >= 11 is 0. The number of ether oxygens (including phenoxy) is 2. The fraction of sp³-hybridized carbons (Fsp3) is 0.588. The number of hydrogen-bond donors (Lipinski definition) is 0. The van der Waals surface area contributed by atoms with Crippen LogP contribution in [0, 0.1) is 12.8 Å². The maximum Gasteiger partial charge on any atom is 0.302 e.